The van der Waals surface area contributed by atoms with Crippen molar-refractivity contribution in [1.29, 1.82) is 5.26 Å². The summed E-state index contributed by atoms with van der Waals surface area (Å²) in [5.41, 5.74) is 4.15. The van der Waals surface area contributed by atoms with Gasteiger partial charge in [0.2, 0.25) is 0 Å². The Morgan fingerprint density at radius 1 is 1.22 bits per heavy atom. The number of aromatic nitrogens is 4. The zero-order valence-corrected chi connectivity index (χ0v) is 21.0. The van der Waals surface area contributed by atoms with Crippen molar-refractivity contribution in [3.8, 4) is 22.9 Å². The topological polar surface area (TPSA) is 124 Å². The molecule has 4 heterocycles. The van der Waals surface area contributed by atoms with Crippen LogP contribution in [0.15, 0.2) is 67.1 Å². The largest absolute Gasteiger partial charge is 0.588 e. The predicted octanol–water partition coefficient (Wildman–Crippen LogP) is 3.77. The van der Waals surface area contributed by atoms with E-state index in [1.54, 1.807) is 35.9 Å². The number of piperidine rings is 1. The fourth-order valence-corrected chi connectivity index (χ4v) is 4.97. The van der Waals surface area contributed by atoms with E-state index in [2.05, 4.69) is 27.6 Å². The zero-order chi connectivity index (χ0) is 25.9. The van der Waals surface area contributed by atoms with Crippen LogP contribution in [-0.2, 0) is 11.4 Å². The highest BCUT2D eigenvalue weighted by Crippen LogP contribution is 2.31. The highest BCUT2D eigenvalue weighted by Gasteiger charge is 2.25. The van der Waals surface area contributed by atoms with E-state index < -0.39 is 11.4 Å². The Bertz CT molecular complexity index is 1480. The molecule has 37 heavy (non-hydrogen) atoms. The summed E-state index contributed by atoms with van der Waals surface area (Å²) >= 11 is -1.35. The van der Waals surface area contributed by atoms with E-state index in [-0.39, 0.29) is 11.9 Å². The van der Waals surface area contributed by atoms with Gasteiger partial charge in [-0.25, -0.2) is 9.24 Å². The number of benzene rings is 1. The van der Waals surface area contributed by atoms with Crippen LogP contribution in [0, 0.1) is 11.3 Å². The predicted molar refractivity (Wildman–Crippen MR) is 140 cm³/mol. The number of carbonyl (C=O) groups excluding carboxylic acids is 1. The Kier molecular flexibility index (Phi) is 6.85. The van der Waals surface area contributed by atoms with Crippen molar-refractivity contribution >= 4 is 28.5 Å². The minimum atomic E-state index is -1.35. The van der Waals surface area contributed by atoms with Crippen LogP contribution in [-0.4, -0.2) is 55.0 Å². The van der Waals surface area contributed by atoms with Gasteiger partial charge in [-0.15, -0.1) is 0 Å². The number of rotatable bonds is 7. The van der Waals surface area contributed by atoms with Gasteiger partial charge in [0.05, 0.1) is 42.6 Å². The molecular formula is C26H25N7O3S. The standard InChI is InChI=1S/C26H25N7O3S/c1-3-37(35)30-22-6-4-18(5-7-22)26(34)31-10-8-23(9-11-31)32-17-21(15-28-32)19-12-24(36-2)25-20(13-27)14-29-33(25)16-19/h3-7,12,14-17,23,30H,1,8-11H2,2H3. The van der Waals surface area contributed by atoms with Crippen molar-refractivity contribution in [2.24, 2.45) is 0 Å². The molecule has 0 spiro atoms. The van der Waals surface area contributed by atoms with Crippen molar-refractivity contribution in [3.63, 3.8) is 0 Å². The summed E-state index contributed by atoms with van der Waals surface area (Å²) in [6, 6.07) is 11.2. The monoisotopic (exact) mass is 515 g/mol. The van der Waals surface area contributed by atoms with E-state index in [9.17, 15) is 14.6 Å². The number of fused-ring (bicyclic) bond motifs is 1. The molecule has 0 aliphatic carbocycles. The van der Waals surface area contributed by atoms with Crippen molar-refractivity contribution in [3.05, 3.63) is 78.2 Å². The third-order valence-corrected chi connectivity index (χ3v) is 7.22. The molecule has 1 unspecified atom stereocenters. The third kappa shape index (κ3) is 4.89. The van der Waals surface area contributed by atoms with E-state index in [1.165, 1.54) is 11.6 Å². The molecule has 1 aromatic carbocycles. The number of nitrogens with one attached hydrogen (secondary N) is 1. The second-order valence-corrected chi connectivity index (χ2v) is 9.77. The van der Waals surface area contributed by atoms with Gasteiger partial charge in [0.1, 0.15) is 28.3 Å². The number of likely N-dealkylation sites (tertiary alicyclic amines) is 1. The van der Waals surface area contributed by atoms with Crippen LogP contribution in [0.2, 0.25) is 0 Å². The second kappa shape index (κ2) is 10.4. The quantitative estimate of drug-likeness (QED) is 0.372. The fraction of sp³-hybridized carbons (Fsp3) is 0.231. The molecule has 1 N–H and O–H groups in total. The van der Waals surface area contributed by atoms with Crippen LogP contribution in [0.1, 0.15) is 34.8 Å². The molecule has 11 heteroatoms. The molecular weight excluding hydrogens is 490 g/mol. The van der Waals surface area contributed by atoms with Crippen LogP contribution in [0.3, 0.4) is 0 Å². The number of anilines is 1. The molecule has 3 aromatic heterocycles. The van der Waals surface area contributed by atoms with Gasteiger partial charge in [-0.3, -0.25) is 9.48 Å². The molecule has 1 aliphatic rings. The molecule has 0 bridgehead atoms. The van der Waals surface area contributed by atoms with Gasteiger partial charge in [0.15, 0.2) is 0 Å². The summed E-state index contributed by atoms with van der Waals surface area (Å²) < 4.78 is 23.5. The molecule has 1 atom stereocenters. The number of amides is 1. The highest BCUT2D eigenvalue weighted by atomic mass is 32.2. The van der Waals surface area contributed by atoms with E-state index >= 15 is 0 Å². The lowest BCUT2D eigenvalue weighted by Crippen LogP contribution is -2.39. The van der Waals surface area contributed by atoms with Crippen LogP contribution in [0.5, 0.6) is 5.75 Å². The van der Waals surface area contributed by atoms with E-state index in [0.29, 0.717) is 41.2 Å². The molecule has 1 saturated heterocycles. The van der Waals surface area contributed by atoms with Crippen LogP contribution >= 0.6 is 0 Å². The van der Waals surface area contributed by atoms with Crippen LogP contribution in [0.4, 0.5) is 5.69 Å². The lowest BCUT2D eigenvalue weighted by molar-refractivity contribution is 0.0690. The maximum absolute atomic E-state index is 13.0. The minimum absolute atomic E-state index is 0.0210. The number of hydrogen-bond donors (Lipinski definition) is 1. The van der Waals surface area contributed by atoms with Gasteiger partial charge in [0.25, 0.3) is 5.91 Å². The van der Waals surface area contributed by atoms with Gasteiger partial charge in [-0.2, -0.15) is 15.5 Å². The molecule has 0 saturated carbocycles. The number of nitriles is 1. The second-order valence-electron chi connectivity index (χ2n) is 8.64. The summed E-state index contributed by atoms with van der Waals surface area (Å²) in [4.78, 5) is 14.8. The van der Waals surface area contributed by atoms with Crippen molar-refractivity contribution in [1.82, 2.24) is 24.3 Å². The Morgan fingerprint density at radius 2 is 1.97 bits per heavy atom. The van der Waals surface area contributed by atoms with Crippen molar-refractivity contribution < 1.29 is 14.1 Å². The summed E-state index contributed by atoms with van der Waals surface area (Å²) in [6.45, 7) is 4.74. The van der Waals surface area contributed by atoms with Gasteiger partial charge < -0.3 is 14.2 Å². The van der Waals surface area contributed by atoms with Gasteiger partial charge >= 0.3 is 0 Å². The Balaban J connectivity index is 1.25. The van der Waals surface area contributed by atoms with Crippen molar-refractivity contribution in [2.75, 3.05) is 24.9 Å². The molecule has 4 aromatic rings. The average molecular weight is 516 g/mol. The number of nitrogens with zero attached hydrogens (tertiary/aromatic N) is 6. The highest BCUT2D eigenvalue weighted by molar-refractivity contribution is 7.95. The summed E-state index contributed by atoms with van der Waals surface area (Å²) in [5, 5.41) is 19.5. The van der Waals surface area contributed by atoms with Gasteiger partial charge in [-0.1, -0.05) is 0 Å². The van der Waals surface area contributed by atoms with E-state index in [0.717, 1.165) is 24.0 Å². The summed E-state index contributed by atoms with van der Waals surface area (Å²) in [5.74, 6) is 0.552. The average Bonchev–Trinajstić information content (AvgIpc) is 3.60. The molecule has 5 rings (SSSR count). The first-order chi connectivity index (χ1) is 18.0. The number of methoxy groups -OCH3 is 1. The van der Waals surface area contributed by atoms with Crippen molar-refractivity contribution in [2.45, 2.75) is 18.9 Å². The number of carbonyl (C=O) groups is 1. The molecule has 188 valence electrons. The SMILES string of the molecule is C=C[S+]([O-])Nc1ccc(C(=O)N2CCC(n3cc(-c4cc(OC)c5c(C#N)cnn5c4)cn3)CC2)cc1. The van der Waals surface area contributed by atoms with Crippen LogP contribution < -0.4 is 9.46 Å². The number of ether oxygens (including phenoxy) is 1. The van der Waals surface area contributed by atoms with Gasteiger partial charge in [0, 0.05) is 42.2 Å². The Labute approximate surface area is 217 Å². The molecule has 1 aliphatic heterocycles. The fourth-order valence-electron chi connectivity index (χ4n) is 4.52. The first kappa shape index (κ1) is 24.4. The Morgan fingerprint density at radius 3 is 2.65 bits per heavy atom. The first-order valence-corrected chi connectivity index (χ1v) is 12.9. The molecule has 1 fully saturated rings. The minimum Gasteiger partial charge on any atom is -0.588 e. The smallest absolute Gasteiger partial charge is 0.253 e. The van der Waals surface area contributed by atoms with E-state index in [4.69, 9.17) is 4.74 Å². The third-order valence-electron chi connectivity index (χ3n) is 6.48. The Hall–Kier alpha value is -4.27. The maximum atomic E-state index is 13.0. The summed E-state index contributed by atoms with van der Waals surface area (Å²) in [6.07, 6.45) is 8.77. The van der Waals surface area contributed by atoms with E-state index in [1.807, 2.05) is 34.2 Å². The lowest BCUT2D eigenvalue weighted by Gasteiger charge is -2.32. The zero-order valence-electron chi connectivity index (χ0n) is 20.2. The lowest BCUT2D eigenvalue weighted by atomic mass is 10.0. The molecule has 1 amide bonds. The normalized spacial score (nSPS) is 14.8. The molecule has 10 nitrogen and oxygen atoms in total. The molecule has 0 radical (unpaired) electrons. The van der Waals surface area contributed by atoms with Gasteiger partial charge in [-0.05, 0) is 49.8 Å². The number of hydrogen-bond acceptors (Lipinski definition) is 7. The van der Waals surface area contributed by atoms with Crippen LogP contribution in [0.25, 0.3) is 16.6 Å². The number of pyridine rings is 1. The summed E-state index contributed by atoms with van der Waals surface area (Å²) in [7, 11) is 1.57. The maximum Gasteiger partial charge on any atom is 0.253 e. The first-order valence-electron chi connectivity index (χ1n) is 11.7.